The summed E-state index contributed by atoms with van der Waals surface area (Å²) in [7, 11) is 1.75. The van der Waals surface area contributed by atoms with E-state index >= 15 is 0 Å². The van der Waals surface area contributed by atoms with Crippen molar-refractivity contribution in [3.05, 3.63) is 69.3 Å². The van der Waals surface area contributed by atoms with Gasteiger partial charge in [-0.2, -0.15) is 0 Å². The zero-order valence-corrected chi connectivity index (χ0v) is 21.9. The van der Waals surface area contributed by atoms with Crippen molar-refractivity contribution in [1.29, 1.82) is 0 Å². The van der Waals surface area contributed by atoms with E-state index in [1.54, 1.807) is 29.8 Å². The third kappa shape index (κ3) is 6.61. The number of amides is 2. The van der Waals surface area contributed by atoms with E-state index in [0.717, 1.165) is 11.3 Å². The van der Waals surface area contributed by atoms with Crippen molar-refractivity contribution in [1.82, 2.24) is 19.7 Å². The zero-order chi connectivity index (χ0) is 24.9. The van der Waals surface area contributed by atoms with Gasteiger partial charge < -0.3 is 15.2 Å². The van der Waals surface area contributed by atoms with Gasteiger partial charge in [-0.1, -0.05) is 64.8 Å². The molecule has 8 nitrogen and oxygen atoms in total. The molecule has 0 aliphatic rings. The molecule has 0 atom stereocenters. The molecule has 0 aliphatic carbocycles. The first-order valence-electron chi connectivity index (χ1n) is 10.4. The third-order valence-corrected chi connectivity index (χ3v) is 7.39. The standard InChI is InChI=1S/C23H20Cl2N6O2S2/c1-13-3-5-14(6-4-13)18-11-34-22(27-18)28-21(33)12-35-23-30-29-19(31(23)2)10-20(32)26-15-7-8-16(24)17(25)9-15/h3-9,11H,10,12H2,1-2H3,(H,26,32)(H,27,28,33). The van der Waals surface area contributed by atoms with Gasteiger partial charge in [-0.05, 0) is 25.1 Å². The Morgan fingerprint density at radius 2 is 1.80 bits per heavy atom. The Balaban J connectivity index is 1.29. The van der Waals surface area contributed by atoms with Crippen molar-refractivity contribution < 1.29 is 9.59 Å². The molecule has 0 bridgehead atoms. The first-order chi connectivity index (χ1) is 16.8. The molecule has 0 unspecified atom stereocenters. The average molecular weight is 547 g/mol. The largest absolute Gasteiger partial charge is 0.326 e. The van der Waals surface area contributed by atoms with Crippen LogP contribution in [0.3, 0.4) is 0 Å². The highest BCUT2D eigenvalue weighted by atomic mass is 35.5. The number of carbonyl (C=O) groups is 2. The van der Waals surface area contributed by atoms with E-state index in [1.807, 2.05) is 36.6 Å². The van der Waals surface area contributed by atoms with Crippen molar-refractivity contribution in [2.45, 2.75) is 18.5 Å². The maximum Gasteiger partial charge on any atom is 0.236 e. The second kappa shape index (κ2) is 11.2. The van der Waals surface area contributed by atoms with Crippen LogP contribution in [0.5, 0.6) is 0 Å². The minimum absolute atomic E-state index is 0.0113. The normalized spacial score (nSPS) is 10.9. The molecule has 2 aromatic carbocycles. The summed E-state index contributed by atoms with van der Waals surface area (Å²) in [4.78, 5) is 29.3. The van der Waals surface area contributed by atoms with Crippen molar-refractivity contribution in [2.24, 2.45) is 7.05 Å². The predicted molar refractivity (Wildman–Crippen MR) is 141 cm³/mol. The fourth-order valence-electron chi connectivity index (χ4n) is 3.02. The van der Waals surface area contributed by atoms with E-state index in [0.29, 0.717) is 31.8 Å². The number of aromatic nitrogens is 4. The van der Waals surface area contributed by atoms with Crippen LogP contribution in [0, 0.1) is 6.92 Å². The highest BCUT2D eigenvalue weighted by molar-refractivity contribution is 7.99. The van der Waals surface area contributed by atoms with Gasteiger partial charge in [0.2, 0.25) is 11.8 Å². The lowest BCUT2D eigenvalue weighted by molar-refractivity contribution is -0.116. The number of aryl methyl sites for hydroxylation is 1. The van der Waals surface area contributed by atoms with Crippen LogP contribution in [0.25, 0.3) is 11.3 Å². The maximum absolute atomic E-state index is 12.4. The summed E-state index contributed by atoms with van der Waals surface area (Å²) in [6.07, 6.45) is 0.0113. The molecule has 2 heterocycles. The lowest BCUT2D eigenvalue weighted by Crippen LogP contribution is -2.17. The Labute approximate surface area is 220 Å². The number of hydrogen-bond donors (Lipinski definition) is 2. The molecule has 180 valence electrons. The highest BCUT2D eigenvalue weighted by Crippen LogP contribution is 2.26. The molecule has 2 amide bonds. The lowest BCUT2D eigenvalue weighted by atomic mass is 10.1. The average Bonchev–Trinajstić information content (AvgIpc) is 3.42. The Morgan fingerprint density at radius 1 is 1.03 bits per heavy atom. The van der Waals surface area contributed by atoms with E-state index in [-0.39, 0.29) is 24.0 Å². The molecule has 4 rings (SSSR count). The summed E-state index contributed by atoms with van der Waals surface area (Å²) in [6, 6.07) is 12.9. The molecule has 0 spiro atoms. The number of carbonyl (C=O) groups excluding carboxylic acids is 2. The fourth-order valence-corrected chi connectivity index (χ4v) is 4.78. The molecule has 12 heteroatoms. The quantitative estimate of drug-likeness (QED) is 0.284. The first-order valence-corrected chi connectivity index (χ1v) is 13.0. The second-order valence-corrected chi connectivity index (χ2v) is 10.2. The molecular weight excluding hydrogens is 527 g/mol. The summed E-state index contributed by atoms with van der Waals surface area (Å²) in [5, 5.41) is 17.5. The van der Waals surface area contributed by atoms with E-state index in [9.17, 15) is 9.59 Å². The predicted octanol–water partition coefficient (Wildman–Crippen LogP) is 5.47. The SMILES string of the molecule is Cc1ccc(-c2csc(NC(=O)CSc3nnc(CC(=O)Nc4ccc(Cl)c(Cl)c4)n3C)n2)cc1. The summed E-state index contributed by atoms with van der Waals surface area (Å²) in [6.45, 7) is 2.03. The number of nitrogens with one attached hydrogen (secondary N) is 2. The number of rotatable bonds is 8. The number of nitrogens with zero attached hydrogens (tertiary/aromatic N) is 4. The molecule has 0 radical (unpaired) electrons. The van der Waals surface area contributed by atoms with Crippen LogP contribution in [-0.4, -0.2) is 37.3 Å². The van der Waals surface area contributed by atoms with Crippen LogP contribution in [0.4, 0.5) is 10.8 Å². The van der Waals surface area contributed by atoms with Crippen LogP contribution in [-0.2, 0) is 23.1 Å². The highest BCUT2D eigenvalue weighted by Gasteiger charge is 2.16. The number of hydrogen-bond acceptors (Lipinski definition) is 7. The van der Waals surface area contributed by atoms with Crippen LogP contribution in [0.1, 0.15) is 11.4 Å². The Kier molecular flexibility index (Phi) is 8.07. The van der Waals surface area contributed by atoms with Crippen LogP contribution >= 0.6 is 46.3 Å². The molecule has 0 saturated carbocycles. The second-order valence-electron chi connectivity index (χ2n) is 7.55. The number of benzene rings is 2. The summed E-state index contributed by atoms with van der Waals surface area (Å²) < 4.78 is 1.69. The van der Waals surface area contributed by atoms with E-state index in [4.69, 9.17) is 23.2 Å². The van der Waals surface area contributed by atoms with E-state index in [2.05, 4.69) is 25.8 Å². The molecule has 0 saturated heterocycles. The van der Waals surface area contributed by atoms with Gasteiger partial charge in [0, 0.05) is 23.7 Å². The van der Waals surface area contributed by atoms with Gasteiger partial charge in [0.05, 0.1) is 27.9 Å². The molecule has 0 aliphatic heterocycles. The monoisotopic (exact) mass is 546 g/mol. The van der Waals surface area contributed by atoms with Gasteiger partial charge >= 0.3 is 0 Å². The summed E-state index contributed by atoms with van der Waals surface area (Å²) in [5.74, 6) is 0.108. The van der Waals surface area contributed by atoms with Gasteiger partial charge in [-0.15, -0.1) is 21.5 Å². The van der Waals surface area contributed by atoms with Crippen LogP contribution in [0.2, 0.25) is 10.0 Å². The minimum Gasteiger partial charge on any atom is -0.326 e. The Bertz CT molecular complexity index is 1370. The van der Waals surface area contributed by atoms with Gasteiger partial charge in [0.25, 0.3) is 0 Å². The number of halogens is 2. The number of thiazole rings is 1. The number of anilines is 2. The van der Waals surface area contributed by atoms with Crippen LogP contribution < -0.4 is 10.6 Å². The molecular formula is C23H20Cl2N6O2S2. The van der Waals surface area contributed by atoms with Gasteiger partial charge in [-0.3, -0.25) is 9.59 Å². The fraction of sp³-hybridized carbons (Fsp3) is 0.174. The molecule has 4 aromatic rings. The van der Waals surface area contributed by atoms with Gasteiger partial charge in [0.1, 0.15) is 5.82 Å². The van der Waals surface area contributed by atoms with Crippen molar-refractivity contribution in [2.75, 3.05) is 16.4 Å². The zero-order valence-electron chi connectivity index (χ0n) is 18.7. The molecule has 2 aromatic heterocycles. The summed E-state index contributed by atoms with van der Waals surface area (Å²) >= 11 is 14.5. The van der Waals surface area contributed by atoms with Gasteiger partial charge in [-0.25, -0.2) is 4.98 Å². The smallest absolute Gasteiger partial charge is 0.236 e. The molecule has 0 fully saturated rings. The van der Waals surface area contributed by atoms with Gasteiger partial charge in [0.15, 0.2) is 10.3 Å². The van der Waals surface area contributed by atoms with Crippen molar-refractivity contribution >= 4 is 68.9 Å². The maximum atomic E-state index is 12.4. The summed E-state index contributed by atoms with van der Waals surface area (Å²) in [5.41, 5.74) is 3.52. The Morgan fingerprint density at radius 3 is 2.54 bits per heavy atom. The Hall–Kier alpha value is -2.92. The lowest BCUT2D eigenvalue weighted by Gasteiger charge is -2.07. The van der Waals surface area contributed by atoms with Crippen molar-refractivity contribution in [3.63, 3.8) is 0 Å². The van der Waals surface area contributed by atoms with Crippen LogP contribution in [0.15, 0.2) is 53.0 Å². The first kappa shape index (κ1) is 25.2. The van der Waals surface area contributed by atoms with E-state index < -0.39 is 0 Å². The van der Waals surface area contributed by atoms with Crippen molar-refractivity contribution in [3.8, 4) is 11.3 Å². The van der Waals surface area contributed by atoms with E-state index in [1.165, 1.54) is 28.7 Å². The molecule has 35 heavy (non-hydrogen) atoms. The number of thioether (sulfide) groups is 1. The minimum atomic E-state index is -0.277. The topological polar surface area (TPSA) is 102 Å². The molecule has 2 N–H and O–H groups in total. The third-order valence-electron chi connectivity index (χ3n) is 4.88.